The quantitative estimate of drug-likeness (QED) is 0.664. The van der Waals surface area contributed by atoms with Crippen molar-refractivity contribution in [3.8, 4) is 0 Å². The molecule has 15 heavy (non-hydrogen) atoms. The van der Waals surface area contributed by atoms with Crippen LogP contribution in [0, 0.1) is 5.92 Å². The van der Waals surface area contributed by atoms with Gasteiger partial charge in [-0.05, 0) is 0 Å². The van der Waals surface area contributed by atoms with Gasteiger partial charge in [-0.1, -0.05) is 0 Å². The third-order valence-corrected chi connectivity index (χ3v) is 8.25. The van der Waals surface area contributed by atoms with E-state index in [0.29, 0.717) is 0 Å². The second-order valence-electron chi connectivity index (χ2n) is 6.07. The zero-order chi connectivity index (χ0) is 11.1. The maximum atomic E-state index is 2.64. The number of hydrogen-bond acceptors (Lipinski definition) is 0. The monoisotopic (exact) mass is 256 g/mol. The first-order valence-electron chi connectivity index (χ1n) is 6.48. The molecule has 0 N–H and O–H groups in total. The van der Waals surface area contributed by atoms with Crippen LogP contribution in [0.3, 0.4) is 0 Å². The van der Waals surface area contributed by atoms with Gasteiger partial charge in [-0.2, -0.15) is 0 Å². The van der Waals surface area contributed by atoms with Crippen molar-refractivity contribution in [1.29, 1.82) is 0 Å². The second kappa shape index (κ2) is 4.35. The molecule has 2 heteroatoms. The van der Waals surface area contributed by atoms with Gasteiger partial charge >= 0.3 is 101 Å². The van der Waals surface area contributed by atoms with Crippen LogP contribution < -0.4 is 0 Å². The molecule has 0 fully saturated rings. The van der Waals surface area contributed by atoms with Gasteiger partial charge in [-0.3, -0.25) is 0 Å². The van der Waals surface area contributed by atoms with Crippen molar-refractivity contribution in [2.45, 2.75) is 47.4 Å². The molecule has 0 aromatic carbocycles. The zero-order valence-electron chi connectivity index (χ0n) is 10.7. The predicted molar refractivity (Wildman–Crippen MR) is 69.4 cm³/mol. The fourth-order valence-corrected chi connectivity index (χ4v) is 7.94. The SMILES string of the molecule is [CH3][Ti]([CH3])([CH3])[C]1=CC2=C(CCCC2)C1C[SiH3]. The Kier molecular flexibility index (Phi) is 3.45. The molecule has 0 aromatic rings. The fourth-order valence-electron chi connectivity index (χ4n) is 3.20. The molecule has 84 valence electrons. The minimum atomic E-state index is -1.56. The molecule has 0 heterocycles. The van der Waals surface area contributed by atoms with Crippen LogP contribution in [-0.4, -0.2) is 10.2 Å². The molecule has 2 aliphatic carbocycles. The molecular formula is C13H24SiTi. The van der Waals surface area contributed by atoms with E-state index in [9.17, 15) is 0 Å². The maximum absolute atomic E-state index is 2.64. The summed E-state index contributed by atoms with van der Waals surface area (Å²) in [6, 6.07) is 1.48. The first kappa shape index (κ1) is 11.9. The fraction of sp³-hybridized carbons (Fsp3) is 0.692. The van der Waals surface area contributed by atoms with E-state index in [1.54, 1.807) is 5.57 Å². The average Bonchev–Trinajstić information content (AvgIpc) is 2.55. The van der Waals surface area contributed by atoms with Crippen LogP contribution in [0.25, 0.3) is 0 Å². The van der Waals surface area contributed by atoms with Gasteiger partial charge in [-0.15, -0.1) is 0 Å². The van der Waals surface area contributed by atoms with Crippen LogP contribution in [0.15, 0.2) is 21.1 Å². The molecule has 1 unspecified atom stereocenters. The normalized spacial score (nSPS) is 26.9. The van der Waals surface area contributed by atoms with E-state index in [1.165, 1.54) is 42.0 Å². The summed E-state index contributed by atoms with van der Waals surface area (Å²) in [6.07, 6.45) is 8.33. The van der Waals surface area contributed by atoms with E-state index >= 15 is 0 Å². The van der Waals surface area contributed by atoms with Crippen molar-refractivity contribution < 1.29 is 16.6 Å². The van der Waals surface area contributed by atoms with Gasteiger partial charge in [-0.25, -0.2) is 0 Å². The molecular weight excluding hydrogens is 232 g/mol. The first-order valence-corrected chi connectivity index (χ1v) is 13.4. The van der Waals surface area contributed by atoms with E-state index in [0.717, 1.165) is 5.92 Å². The molecule has 1 atom stereocenters. The van der Waals surface area contributed by atoms with Crippen LogP contribution in [0.4, 0.5) is 0 Å². The van der Waals surface area contributed by atoms with Crippen molar-refractivity contribution in [3.05, 3.63) is 21.1 Å². The van der Waals surface area contributed by atoms with Crippen molar-refractivity contribution >= 4 is 10.2 Å². The molecule has 2 aliphatic rings. The summed E-state index contributed by atoms with van der Waals surface area (Å²) in [4.78, 5) is 0. The van der Waals surface area contributed by atoms with Crippen LogP contribution in [0.1, 0.15) is 25.7 Å². The molecule has 0 saturated heterocycles. The summed E-state index contributed by atoms with van der Waals surface area (Å²) in [5, 5.41) is 7.69. The Morgan fingerprint density at radius 1 is 1.27 bits per heavy atom. The third-order valence-electron chi connectivity index (χ3n) is 3.95. The molecule has 0 aromatic heterocycles. The Hall–Kier alpha value is 0.411. The van der Waals surface area contributed by atoms with E-state index in [4.69, 9.17) is 0 Å². The summed E-state index contributed by atoms with van der Waals surface area (Å²) in [5.41, 5.74) is 3.63. The Morgan fingerprint density at radius 2 is 1.93 bits per heavy atom. The van der Waals surface area contributed by atoms with Crippen LogP contribution in [0.2, 0.25) is 21.7 Å². The number of hydrogen-bond donors (Lipinski definition) is 0. The Labute approximate surface area is 101 Å². The number of allylic oxidation sites excluding steroid dienone is 4. The van der Waals surface area contributed by atoms with Crippen molar-refractivity contribution in [3.63, 3.8) is 0 Å². The molecule has 0 radical (unpaired) electrons. The molecule has 0 aliphatic heterocycles. The van der Waals surface area contributed by atoms with Gasteiger partial charge in [0, 0.05) is 0 Å². The summed E-state index contributed by atoms with van der Waals surface area (Å²) in [7, 11) is 1.37. The van der Waals surface area contributed by atoms with E-state index < -0.39 is 16.6 Å². The minimum absolute atomic E-state index is 0.923. The van der Waals surface area contributed by atoms with Gasteiger partial charge in [0.05, 0.1) is 0 Å². The molecule has 2 rings (SSSR count). The molecule has 0 amide bonds. The zero-order valence-corrected chi connectivity index (χ0v) is 14.3. The standard InChI is InChI=1S/C10H15Si.3CH3.Ti/c11-7-9-6-5-8-3-1-2-4-10(8)9;;;;/h5,9H,1-4,7H2,11H3;3*1H3;. The van der Waals surface area contributed by atoms with Crippen molar-refractivity contribution in [1.82, 2.24) is 0 Å². The molecule has 0 spiro atoms. The predicted octanol–water partition coefficient (Wildman–Crippen LogP) is 3.45. The second-order valence-corrected chi connectivity index (χ2v) is 14.8. The van der Waals surface area contributed by atoms with E-state index in [-0.39, 0.29) is 0 Å². The first-order chi connectivity index (χ1) is 7.04. The molecule has 0 saturated carbocycles. The van der Waals surface area contributed by atoms with Gasteiger partial charge in [0.2, 0.25) is 0 Å². The Morgan fingerprint density at radius 3 is 2.53 bits per heavy atom. The Balaban J connectivity index is 2.31. The summed E-state index contributed by atoms with van der Waals surface area (Å²) in [5.74, 6) is 0.923. The number of rotatable bonds is 2. The van der Waals surface area contributed by atoms with Gasteiger partial charge < -0.3 is 0 Å². The van der Waals surface area contributed by atoms with Gasteiger partial charge in [0.15, 0.2) is 0 Å². The van der Waals surface area contributed by atoms with E-state index in [2.05, 4.69) is 21.8 Å². The van der Waals surface area contributed by atoms with Crippen LogP contribution >= 0.6 is 0 Å². The van der Waals surface area contributed by atoms with Crippen molar-refractivity contribution in [2.75, 3.05) is 0 Å². The van der Waals surface area contributed by atoms with Crippen LogP contribution in [-0.2, 0) is 16.6 Å². The van der Waals surface area contributed by atoms with Gasteiger partial charge in [0.25, 0.3) is 0 Å². The summed E-state index contributed by atoms with van der Waals surface area (Å²) in [6.45, 7) is 0. The van der Waals surface area contributed by atoms with Crippen molar-refractivity contribution in [2.24, 2.45) is 5.92 Å². The Bertz CT molecular complexity index is 320. The summed E-state index contributed by atoms with van der Waals surface area (Å²) >= 11 is -1.56. The average molecular weight is 256 g/mol. The molecule has 0 bridgehead atoms. The third kappa shape index (κ3) is 2.25. The van der Waals surface area contributed by atoms with E-state index in [1.807, 2.05) is 9.45 Å². The van der Waals surface area contributed by atoms with Gasteiger partial charge in [0.1, 0.15) is 0 Å². The van der Waals surface area contributed by atoms with Crippen LogP contribution in [0.5, 0.6) is 0 Å². The topological polar surface area (TPSA) is 0 Å². The summed E-state index contributed by atoms with van der Waals surface area (Å²) < 4.78 is 1.91. The molecule has 0 nitrogen and oxygen atoms in total.